The smallest absolute Gasteiger partial charge is 0.344 e. The Morgan fingerprint density at radius 2 is 1.88 bits per heavy atom. The minimum Gasteiger partial charge on any atom is -0.479 e. The first-order chi connectivity index (χ1) is 15.5. The molecule has 3 aromatic rings. The molecule has 168 valence electrons. The SMILES string of the molecule is CCC(Oc1ccc(CCC=NOCc2nc(-c3ccc(C)cc3)oc2C)cc1)C(=O)O. The summed E-state index contributed by atoms with van der Waals surface area (Å²) in [6, 6.07) is 15.4. The summed E-state index contributed by atoms with van der Waals surface area (Å²) in [7, 11) is 0. The normalized spacial score (nSPS) is 12.1. The lowest BCUT2D eigenvalue weighted by molar-refractivity contribution is -0.145. The minimum absolute atomic E-state index is 0.242. The first-order valence-electron chi connectivity index (χ1n) is 10.6. The number of carboxylic acids is 1. The summed E-state index contributed by atoms with van der Waals surface area (Å²) < 4.78 is 11.2. The van der Waals surface area contributed by atoms with Crippen molar-refractivity contribution >= 4 is 12.2 Å². The van der Waals surface area contributed by atoms with Crippen molar-refractivity contribution in [2.45, 2.75) is 52.7 Å². The van der Waals surface area contributed by atoms with Gasteiger partial charge in [-0.1, -0.05) is 41.9 Å². The van der Waals surface area contributed by atoms with Crippen molar-refractivity contribution in [3.05, 3.63) is 71.1 Å². The van der Waals surface area contributed by atoms with Gasteiger partial charge in [0, 0.05) is 11.8 Å². The second-order valence-electron chi connectivity index (χ2n) is 7.48. The monoisotopic (exact) mass is 436 g/mol. The van der Waals surface area contributed by atoms with Crippen molar-refractivity contribution in [3.8, 4) is 17.2 Å². The van der Waals surface area contributed by atoms with Crippen molar-refractivity contribution in [2.75, 3.05) is 0 Å². The number of benzene rings is 2. The number of hydrogen-bond acceptors (Lipinski definition) is 6. The summed E-state index contributed by atoms with van der Waals surface area (Å²) in [4.78, 5) is 20.9. The molecule has 1 N–H and O–H groups in total. The third-order valence-electron chi connectivity index (χ3n) is 4.95. The highest BCUT2D eigenvalue weighted by atomic mass is 16.6. The molecule has 0 saturated heterocycles. The average molecular weight is 437 g/mol. The molecule has 7 nitrogen and oxygen atoms in total. The molecule has 1 unspecified atom stereocenters. The van der Waals surface area contributed by atoms with E-state index in [2.05, 4.69) is 10.1 Å². The first kappa shape index (κ1) is 23.1. The highest BCUT2D eigenvalue weighted by molar-refractivity contribution is 5.72. The standard InChI is InChI=1S/C25H28N2O5/c1-4-23(25(28)29)32-21-13-9-19(10-14-21)6-5-15-26-30-16-22-18(3)31-24(27-22)20-11-7-17(2)8-12-20/h7-15,23H,4-6,16H2,1-3H3,(H,28,29). The number of aryl methyl sites for hydroxylation is 3. The van der Waals surface area contributed by atoms with Crippen LogP contribution in [0.5, 0.6) is 5.75 Å². The highest BCUT2D eigenvalue weighted by Crippen LogP contribution is 2.22. The molecule has 0 aliphatic rings. The van der Waals surface area contributed by atoms with E-state index in [1.165, 1.54) is 5.56 Å². The van der Waals surface area contributed by atoms with Gasteiger partial charge < -0.3 is 19.1 Å². The number of carbonyl (C=O) groups is 1. The number of hydrogen-bond donors (Lipinski definition) is 1. The van der Waals surface area contributed by atoms with Crippen molar-refractivity contribution < 1.29 is 23.9 Å². The van der Waals surface area contributed by atoms with Crippen molar-refractivity contribution in [3.63, 3.8) is 0 Å². The lowest BCUT2D eigenvalue weighted by atomic mass is 10.1. The molecule has 3 rings (SSSR count). The summed E-state index contributed by atoms with van der Waals surface area (Å²) in [5, 5.41) is 13.1. The van der Waals surface area contributed by atoms with Crippen LogP contribution in [0.3, 0.4) is 0 Å². The molecule has 0 bridgehead atoms. The van der Waals surface area contributed by atoms with E-state index < -0.39 is 12.1 Å². The molecular weight excluding hydrogens is 408 g/mol. The van der Waals surface area contributed by atoms with Gasteiger partial charge in [-0.25, -0.2) is 9.78 Å². The summed E-state index contributed by atoms with van der Waals surface area (Å²) in [5.74, 6) is 0.880. The molecule has 0 aliphatic carbocycles. The maximum Gasteiger partial charge on any atom is 0.344 e. The third kappa shape index (κ3) is 6.44. The maximum absolute atomic E-state index is 11.1. The molecule has 2 aromatic carbocycles. The van der Waals surface area contributed by atoms with Crippen molar-refractivity contribution in [2.24, 2.45) is 5.16 Å². The molecule has 1 heterocycles. The minimum atomic E-state index is -0.958. The molecule has 0 aliphatic heterocycles. The highest BCUT2D eigenvalue weighted by Gasteiger charge is 2.16. The van der Waals surface area contributed by atoms with Gasteiger partial charge in [-0.15, -0.1) is 0 Å². The van der Waals surface area contributed by atoms with Crippen molar-refractivity contribution in [1.29, 1.82) is 0 Å². The van der Waals surface area contributed by atoms with Crippen LogP contribution in [0, 0.1) is 13.8 Å². The summed E-state index contributed by atoms with van der Waals surface area (Å²) in [5.41, 5.74) is 3.93. The average Bonchev–Trinajstić information content (AvgIpc) is 3.16. The number of nitrogens with zero attached hydrogens (tertiary/aromatic N) is 2. The predicted molar refractivity (Wildman–Crippen MR) is 122 cm³/mol. The third-order valence-corrected chi connectivity index (χ3v) is 4.95. The topological polar surface area (TPSA) is 94.2 Å². The van der Waals surface area contributed by atoms with Gasteiger partial charge in [0.1, 0.15) is 17.2 Å². The Bertz CT molecular complexity index is 1040. The molecule has 32 heavy (non-hydrogen) atoms. The van der Waals surface area contributed by atoms with Crippen LogP contribution in [0.2, 0.25) is 0 Å². The second-order valence-corrected chi connectivity index (χ2v) is 7.48. The molecule has 1 atom stereocenters. The molecule has 0 radical (unpaired) electrons. The molecule has 0 amide bonds. The summed E-state index contributed by atoms with van der Waals surface area (Å²) >= 11 is 0. The Balaban J connectivity index is 1.43. The number of aromatic nitrogens is 1. The zero-order valence-corrected chi connectivity index (χ0v) is 18.6. The largest absolute Gasteiger partial charge is 0.479 e. The van der Waals surface area contributed by atoms with Gasteiger partial charge in [0.15, 0.2) is 12.7 Å². The number of carboxylic acid groups (broad SMARTS) is 1. The molecule has 0 fully saturated rings. The van der Waals surface area contributed by atoms with E-state index >= 15 is 0 Å². The van der Waals surface area contributed by atoms with Crippen LogP contribution in [0.4, 0.5) is 0 Å². The van der Waals surface area contributed by atoms with Crippen LogP contribution in [0.15, 0.2) is 58.1 Å². The number of rotatable bonds is 11. The fourth-order valence-electron chi connectivity index (χ4n) is 3.02. The lowest BCUT2D eigenvalue weighted by Crippen LogP contribution is -2.25. The predicted octanol–water partition coefficient (Wildman–Crippen LogP) is 5.34. The Labute approximate surface area is 187 Å². The quantitative estimate of drug-likeness (QED) is 0.322. The van der Waals surface area contributed by atoms with E-state index in [-0.39, 0.29) is 6.61 Å². The van der Waals surface area contributed by atoms with Gasteiger partial charge in [-0.05, 0) is 62.9 Å². The molecule has 0 saturated carbocycles. The summed E-state index contributed by atoms with van der Waals surface area (Å²) in [6.07, 6.45) is 2.79. The van der Waals surface area contributed by atoms with E-state index in [1.54, 1.807) is 25.3 Å². The van der Waals surface area contributed by atoms with Crippen LogP contribution < -0.4 is 4.74 Å². The van der Waals surface area contributed by atoms with E-state index in [9.17, 15) is 4.79 Å². The second kappa shape index (κ2) is 11.1. The maximum atomic E-state index is 11.1. The molecule has 0 spiro atoms. The molecular formula is C25H28N2O5. The Hall–Kier alpha value is -3.61. The Morgan fingerprint density at radius 1 is 1.16 bits per heavy atom. The van der Waals surface area contributed by atoms with E-state index in [1.807, 2.05) is 50.2 Å². The van der Waals surface area contributed by atoms with Gasteiger partial charge in [-0.2, -0.15) is 0 Å². The number of oxazole rings is 1. The fourth-order valence-corrected chi connectivity index (χ4v) is 3.02. The van der Waals surface area contributed by atoms with E-state index in [4.69, 9.17) is 19.1 Å². The van der Waals surface area contributed by atoms with E-state index in [0.29, 0.717) is 30.2 Å². The number of ether oxygens (including phenoxy) is 1. The van der Waals surface area contributed by atoms with Gasteiger partial charge in [0.2, 0.25) is 5.89 Å². The van der Waals surface area contributed by atoms with Crippen LogP contribution in [-0.2, 0) is 22.7 Å². The van der Waals surface area contributed by atoms with Gasteiger partial charge in [-0.3, -0.25) is 0 Å². The lowest BCUT2D eigenvalue weighted by Gasteiger charge is -2.13. The Kier molecular flexibility index (Phi) is 8.02. The molecule has 7 heteroatoms. The van der Waals surface area contributed by atoms with Gasteiger partial charge >= 0.3 is 5.97 Å². The van der Waals surface area contributed by atoms with Gasteiger partial charge in [0.25, 0.3) is 0 Å². The van der Waals surface area contributed by atoms with Crippen molar-refractivity contribution in [1.82, 2.24) is 4.98 Å². The van der Waals surface area contributed by atoms with Crippen LogP contribution in [-0.4, -0.2) is 28.4 Å². The Morgan fingerprint density at radius 3 is 2.53 bits per heavy atom. The number of oxime groups is 1. The number of aliphatic carboxylic acids is 1. The summed E-state index contributed by atoms with van der Waals surface area (Å²) in [6.45, 7) is 5.92. The van der Waals surface area contributed by atoms with Gasteiger partial charge in [0.05, 0.1) is 0 Å². The van der Waals surface area contributed by atoms with E-state index in [0.717, 1.165) is 23.2 Å². The first-order valence-corrected chi connectivity index (χ1v) is 10.6. The zero-order valence-electron chi connectivity index (χ0n) is 18.6. The zero-order chi connectivity index (χ0) is 22.9. The fraction of sp³-hybridized carbons (Fsp3) is 0.320. The van der Waals surface area contributed by atoms with Crippen LogP contribution in [0.1, 0.15) is 42.3 Å². The molecule has 1 aromatic heterocycles. The van der Waals surface area contributed by atoms with Crippen LogP contribution in [0.25, 0.3) is 11.5 Å². The van der Waals surface area contributed by atoms with Crippen LogP contribution >= 0.6 is 0 Å².